The molecule has 1 aromatic carbocycles. The Labute approximate surface area is 125 Å². The third-order valence-electron chi connectivity index (χ3n) is 4.27. The molecule has 1 aliphatic heterocycles. The summed E-state index contributed by atoms with van der Waals surface area (Å²) < 4.78 is 0. The average Bonchev–Trinajstić information content (AvgIpc) is 2.79. The highest BCUT2D eigenvalue weighted by molar-refractivity contribution is 6.05. The van der Waals surface area contributed by atoms with Crippen molar-refractivity contribution in [2.75, 3.05) is 13.1 Å². The number of amides is 1. The molecule has 0 radical (unpaired) electrons. The summed E-state index contributed by atoms with van der Waals surface area (Å²) in [6.07, 6.45) is 6.12. The highest BCUT2D eigenvalue weighted by Crippen LogP contribution is 2.22. The van der Waals surface area contributed by atoms with Crippen molar-refractivity contribution in [2.24, 2.45) is 5.73 Å². The van der Waals surface area contributed by atoms with Crippen LogP contribution in [0, 0.1) is 0 Å². The van der Waals surface area contributed by atoms with Gasteiger partial charge >= 0.3 is 0 Å². The molecule has 2 N–H and O–H groups in total. The summed E-state index contributed by atoms with van der Waals surface area (Å²) in [5, 5.41) is 1.00. The number of benzene rings is 1. The van der Waals surface area contributed by atoms with Crippen LogP contribution in [0.2, 0.25) is 0 Å². The maximum Gasteiger partial charge on any atom is 0.256 e. The van der Waals surface area contributed by atoms with Crippen molar-refractivity contribution < 1.29 is 4.79 Å². The summed E-state index contributed by atoms with van der Waals surface area (Å²) >= 11 is 0. The number of nitrogens with two attached hydrogens (primary N) is 1. The van der Waals surface area contributed by atoms with Crippen molar-refractivity contribution >= 4 is 16.8 Å². The number of nitrogens with zero attached hydrogens (tertiary/aromatic N) is 2. The molecule has 1 fully saturated rings. The van der Waals surface area contributed by atoms with Crippen molar-refractivity contribution in [1.29, 1.82) is 0 Å². The first kappa shape index (κ1) is 14.0. The number of carbonyl (C=O) groups excluding carboxylic acids is 1. The van der Waals surface area contributed by atoms with E-state index in [0.29, 0.717) is 12.1 Å². The summed E-state index contributed by atoms with van der Waals surface area (Å²) in [6, 6.07) is 9.82. The first-order chi connectivity index (χ1) is 10.3. The summed E-state index contributed by atoms with van der Waals surface area (Å²) in [4.78, 5) is 19.3. The lowest BCUT2D eigenvalue weighted by atomic mass is 10.1. The number of pyridine rings is 1. The summed E-state index contributed by atoms with van der Waals surface area (Å²) in [5.74, 6) is 0.0663. The van der Waals surface area contributed by atoms with Gasteiger partial charge in [-0.3, -0.25) is 9.78 Å². The molecule has 1 aliphatic rings. The van der Waals surface area contributed by atoms with Crippen LogP contribution < -0.4 is 5.73 Å². The summed E-state index contributed by atoms with van der Waals surface area (Å²) in [5.41, 5.74) is 7.35. The number of aromatic nitrogens is 1. The topological polar surface area (TPSA) is 59.2 Å². The van der Waals surface area contributed by atoms with Crippen LogP contribution in [0.15, 0.2) is 36.5 Å². The van der Waals surface area contributed by atoms with Gasteiger partial charge in [0, 0.05) is 30.7 Å². The number of fused-ring (bicyclic) bond motifs is 1. The molecular formula is C17H21N3O. The molecule has 0 bridgehead atoms. The van der Waals surface area contributed by atoms with Crippen LogP contribution in [-0.2, 0) is 0 Å². The monoisotopic (exact) mass is 283 g/mol. The molecule has 1 amide bonds. The molecule has 3 rings (SSSR count). The highest BCUT2D eigenvalue weighted by Gasteiger charge is 2.26. The molecule has 110 valence electrons. The second-order valence-corrected chi connectivity index (χ2v) is 5.62. The number of likely N-dealkylation sites (tertiary alicyclic amines) is 1. The van der Waals surface area contributed by atoms with E-state index in [-0.39, 0.29) is 11.9 Å². The fraction of sp³-hybridized carbons (Fsp3) is 0.412. The van der Waals surface area contributed by atoms with Crippen LogP contribution in [-0.4, -0.2) is 34.9 Å². The van der Waals surface area contributed by atoms with Gasteiger partial charge in [-0.2, -0.15) is 0 Å². The maximum atomic E-state index is 13.0. The zero-order valence-electron chi connectivity index (χ0n) is 12.2. The van der Waals surface area contributed by atoms with Crippen LogP contribution in [0.4, 0.5) is 0 Å². The SMILES string of the molecule is NCC1CCCCCN1C(=O)c1cccc2cccnc12. The molecule has 4 nitrogen and oxygen atoms in total. The molecule has 0 saturated carbocycles. The minimum atomic E-state index is 0.0663. The van der Waals surface area contributed by atoms with E-state index in [1.54, 1.807) is 6.20 Å². The van der Waals surface area contributed by atoms with E-state index in [1.165, 1.54) is 6.42 Å². The van der Waals surface area contributed by atoms with Gasteiger partial charge in [-0.1, -0.05) is 31.0 Å². The molecule has 1 unspecified atom stereocenters. The van der Waals surface area contributed by atoms with Gasteiger partial charge in [0.1, 0.15) is 0 Å². The third kappa shape index (κ3) is 2.76. The molecule has 2 heterocycles. The second kappa shape index (κ2) is 6.22. The number of carbonyl (C=O) groups is 1. The van der Waals surface area contributed by atoms with Crippen LogP contribution >= 0.6 is 0 Å². The van der Waals surface area contributed by atoms with Crippen molar-refractivity contribution in [3.05, 3.63) is 42.1 Å². The molecule has 2 aromatic rings. The second-order valence-electron chi connectivity index (χ2n) is 5.62. The summed E-state index contributed by atoms with van der Waals surface area (Å²) in [6.45, 7) is 1.33. The van der Waals surface area contributed by atoms with E-state index in [1.807, 2.05) is 35.2 Å². The van der Waals surface area contributed by atoms with Crippen LogP contribution in [0.25, 0.3) is 10.9 Å². The third-order valence-corrected chi connectivity index (χ3v) is 4.27. The minimum Gasteiger partial charge on any atom is -0.334 e. The maximum absolute atomic E-state index is 13.0. The molecule has 1 aromatic heterocycles. The van der Waals surface area contributed by atoms with Gasteiger partial charge in [0.15, 0.2) is 0 Å². The lowest BCUT2D eigenvalue weighted by molar-refractivity contribution is 0.0691. The normalized spacial score (nSPS) is 19.5. The molecule has 4 heteroatoms. The number of para-hydroxylation sites is 1. The number of hydrogen-bond acceptors (Lipinski definition) is 3. The van der Waals surface area contributed by atoms with Gasteiger partial charge in [0.2, 0.25) is 0 Å². The van der Waals surface area contributed by atoms with Gasteiger partial charge in [0.05, 0.1) is 11.1 Å². The lowest BCUT2D eigenvalue weighted by Gasteiger charge is -2.29. The molecule has 0 aliphatic carbocycles. The molecule has 0 spiro atoms. The Morgan fingerprint density at radius 3 is 2.95 bits per heavy atom. The Bertz CT molecular complexity index is 635. The van der Waals surface area contributed by atoms with E-state index in [4.69, 9.17) is 5.73 Å². The largest absolute Gasteiger partial charge is 0.334 e. The first-order valence-electron chi connectivity index (χ1n) is 7.66. The molecule has 1 atom stereocenters. The van der Waals surface area contributed by atoms with E-state index in [9.17, 15) is 4.79 Å². The number of hydrogen-bond donors (Lipinski definition) is 1. The van der Waals surface area contributed by atoms with E-state index in [2.05, 4.69) is 4.98 Å². The van der Waals surface area contributed by atoms with Gasteiger partial charge in [-0.15, -0.1) is 0 Å². The van der Waals surface area contributed by atoms with Crippen molar-refractivity contribution in [3.63, 3.8) is 0 Å². The van der Waals surface area contributed by atoms with E-state index < -0.39 is 0 Å². The Morgan fingerprint density at radius 1 is 1.24 bits per heavy atom. The van der Waals surface area contributed by atoms with Crippen LogP contribution in [0.3, 0.4) is 0 Å². The van der Waals surface area contributed by atoms with E-state index in [0.717, 1.165) is 36.7 Å². The smallest absolute Gasteiger partial charge is 0.256 e. The Morgan fingerprint density at radius 2 is 2.10 bits per heavy atom. The highest BCUT2D eigenvalue weighted by atomic mass is 16.2. The minimum absolute atomic E-state index is 0.0663. The predicted octanol–water partition coefficient (Wildman–Crippen LogP) is 2.58. The van der Waals surface area contributed by atoms with Crippen LogP contribution in [0.5, 0.6) is 0 Å². The zero-order chi connectivity index (χ0) is 14.7. The standard InChI is InChI=1S/C17H21N3O/c18-12-14-8-2-1-3-11-20(14)17(21)15-9-4-6-13-7-5-10-19-16(13)15/h4-7,9-10,14H,1-3,8,11-12,18H2. The molecule has 21 heavy (non-hydrogen) atoms. The van der Waals surface area contributed by atoms with Crippen molar-refractivity contribution in [3.8, 4) is 0 Å². The van der Waals surface area contributed by atoms with Gasteiger partial charge in [-0.05, 0) is 25.0 Å². The summed E-state index contributed by atoms with van der Waals surface area (Å²) in [7, 11) is 0. The Balaban J connectivity index is 1.99. The lowest BCUT2D eigenvalue weighted by Crippen LogP contribution is -2.44. The first-order valence-corrected chi connectivity index (χ1v) is 7.66. The van der Waals surface area contributed by atoms with Crippen LogP contribution in [0.1, 0.15) is 36.0 Å². The fourth-order valence-electron chi connectivity index (χ4n) is 3.12. The van der Waals surface area contributed by atoms with Gasteiger partial charge < -0.3 is 10.6 Å². The fourth-order valence-corrected chi connectivity index (χ4v) is 3.12. The predicted molar refractivity (Wildman–Crippen MR) is 84.1 cm³/mol. The number of rotatable bonds is 2. The quantitative estimate of drug-likeness (QED) is 0.921. The van der Waals surface area contributed by atoms with Gasteiger partial charge in [0.25, 0.3) is 5.91 Å². The van der Waals surface area contributed by atoms with Crippen molar-refractivity contribution in [1.82, 2.24) is 9.88 Å². The molecular weight excluding hydrogens is 262 g/mol. The van der Waals surface area contributed by atoms with Gasteiger partial charge in [-0.25, -0.2) is 0 Å². The zero-order valence-corrected chi connectivity index (χ0v) is 12.2. The van der Waals surface area contributed by atoms with E-state index >= 15 is 0 Å². The Hall–Kier alpha value is -1.94. The Kier molecular flexibility index (Phi) is 4.15. The van der Waals surface area contributed by atoms with Crippen molar-refractivity contribution in [2.45, 2.75) is 31.7 Å². The molecule has 1 saturated heterocycles. The average molecular weight is 283 g/mol.